The van der Waals surface area contributed by atoms with Crippen LogP contribution in [0, 0.1) is 0 Å². The van der Waals surface area contributed by atoms with E-state index < -0.39 is 0 Å². The van der Waals surface area contributed by atoms with Crippen molar-refractivity contribution in [2.75, 3.05) is 0 Å². The van der Waals surface area contributed by atoms with Crippen molar-refractivity contribution < 1.29 is 9.21 Å². The van der Waals surface area contributed by atoms with Gasteiger partial charge in [0.25, 0.3) is 0 Å². The average molecular weight is 214 g/mol. The van der Waals surface area contributed by atoms with Crippen LogP contribution in [0.4, 0.5) is 0 Å². The quantitative estimate of drug-likeness (QED) is 0.726. The number of benzene rings is 1. The molecule has 2 aromatic rings. The molecule has 0 aliphatic rings. The first-order chi connectivity index (χ1) is 7.72. The molecule has 0 bridgehead atoms. The second-order valence-electron chi connectivity index (χ2n) is 4.09. The van der Waals surface area contributed by atoms with Gasteiger partial charge in [0, 0.05) is 5.56 Å². The lowest BCUT2D eigenvalue weighted by molar-refractivity contribution is 0.110. The Morgan fingerprint density at radius 1 is 1.12 bits per heavy atom. The number of aldehydes is 1. The third kappa shape index (κ3) is 1.91. The fourth-order valence-electron chi connectivity index (χ4n) is 1.70. The molecule has 0 spiro atoms. The Labute approximate surface area is 94.9 Å². The summed E-state index contributed by atoms with van der Waals surface area (Å²) in [5.74, 6) is 0.904. The summed E-state index contributed by atoms with van der Waals surface area (Å²) in [5, 5.41) is 0. The molecule has 0 fully saturated rings. The summed E-state index contributed by atoms with van der Waals surface area (Å²) in [6.07, 6.45) is 2.28. The molecule has 0 amide bonds. The standard InChI is InChI=1S/C14H14O2/c1-10(2)11-3-5-12(6-4-11)13-7-8-16-14(13)9-15/h3-10H,1-2H3. The Morgan fingerprint density at radius 2 is 1.81 bits per heavy atom. The van der Waals surface area contributed by atoms with Gasteiger partial charge in [-0.3, -0.25) is 4.79 Å². The van der Waals surface area contributed by atoms with Gasteiger partial charge >= 0.3 is 0 Å². The van der Waals surface area contributed by atoms with Crippen LogP contribution < -0.4 is 0 Å². The first-order valence-corrected chi connectivity index (χ1v) is 5.35. The van der Waals surface area contributed by atoms with Crippen LogP contribution in [0.15, 0.2) is 41.0 Å². The van der Waals surface area contributed by atoms with Crippen LogP contribution in [0.5, 0.6) is 0 Å². The van der Waals surface area contributed by atoms with Crippen LogP contribution in [0.3, 0.4) is 0 Å². The van der Waals surface area contributed by atoms with Crippen molar-refractivity contribution in [2.45, 2.75) is 19.8 Å². The van der Waals surface area contributed by atoms with Crippen molar-refractivity contribution >= 4 is 6.29 Å². The summed E-state index contributed by atoms with van der Waals surface area (Å²) in [7, 11) is 0. The smallest absolute Gasteiger partial charge is 0.185 e. The molecule has 16 heavy (non-hydrogen) atoms. The molecule has 0 atom stereocenters. The van der Waals surface area contributed by atoms with Crippen molar-refractivity contribution in [3.63, 3.8) is 0 Å². The number of furan rings is 1. The van der Waals surface area contributed by atoms with Crippen molar-refractivity contribution in [3.05, 3.63) is 47.9 Å². The van der Waals surface area contributed by atoms with Gasteiger partial charge in [0.2, 0.25) is 0 Å². The van der Waals surface area contributed by atoms with E-state index in [4.69, 9.17) is 4.42 Å². The van der Waals surface area contributed by atoms with E-state index in [2.05, 4.69) is 26.0 Å². The van der Waals surface area contributed by atoms with Gasteiger partial charge in [0.1, 0.15) is 0 Å². The maximum atomic E-state index is 10.7. The first-order valence-electron chi connectivity index (χ1n) is 5.35. The molecule has 0 saturated heterocycles. The molecule has 82 valence electrons. The molecular formula is C14H14O2. The fraction of sp³-hybridized carbons (Fsp3) is 0.214. The van der Waals surface area contributed by atoms with Crippen LogP contribution in [0.1, 0.15) is 35.9 Å². The van der Waals surface area contributed by atoms with E-state index in [1.807, 2.05) is 18.2 Å². The maximum Gasteiger partial charge on any atom is 0.185 e. The largest absolute Gasteiger partial charge is 0.461 e. The highest BCUT2D eigenvalue weighted by Crippen LogP contribution is 2.25. The van der Waals surface area contributed by atoms with Gasteiger partial charge in [0.05, 0.1) is 6.26 Å². The third-order valence-electron chi connectivity index (χ3n) is 2.69. The predicted octanol–water partition coefficient (Wildman–Crippen LogP) is 3.88. The first kappa shape index (κ1) is 10.7. The lowest BCUT2D eigenvalue weighted by Crippen LogP contribution is -1.87. The summed E-state index contributed by atoms with van der Waals surface area (Å²) in [4.78, 5) is 10.7. The Morgan fingerprint density at radius 3 is 2.38 bits per heavy atom. The fourth-order valence-corrected chi connectivity index (χ4v) is 1.70. The molecule has 2 nitrogen and oxygen atoms in total. The van der Waals surface area contributed by atoms with Gasteiger partial charge in [-0.15, -0.1) is 0 Å². The van der Waals surface area contributed by atoms with Gasteiger partial charge < -0.3 is 4.42 Å². The molecular weight excluding hydrogens is 200 g/mol. The Kier molecular flexibility index (Phi) is 2.91. The number of carbonyl (C=O) groups is 1. The zero-order chi connectivity index (χ0) is 11.5. The molecule has 2 rings (SSSR count). The molecule has 0 saturated carbocycles. The molecule has 0 radical (unpaired) electrons. The van der Waals surface area contributed by atoms with Crippen molar-refractivity contribution in [2.24, 2.45) is 0 Å². The summed E-state index contributed by atoms with van der Waals surface area (Å²) >= 11 is 0. The second kappa shape index (κ2) is 4.35. The minimum Gasteiger partial charge on any atom is -0.461 e. The molecule has 0 N–H and O–H groups in total. The average Bonchev–Trinajstić information content (AvgIpc) is 2.77. The normalized spacial score (nSPS) is 10.7. The van der Waals surface area contributed by atoms with Crippen molar-refractivity contribution in [1.29, 1.82) is 0 Å². The lowest BCUT2D eigenvalue weighted by atomic mass is 9.99. The number of rotatable bonds is 3. The number of hydrogen-bond donors (Lipinski definition) is 0. The zero-order valence-corrected chi connectivity index (χ0v) is 9.44. The summed E-state index contributed by atoms with van der Waals surface area (Å²) < 4.78 is 5.08. The summed E-state index contributed by atoms with van der Waals surface area (Å²) in [5.41, 5.74) is 3.16. The molecule has 1 aromatic carbocycles. The highest BCUT2D eigenvalue weighted by molar-refractivity contribution is 5.84. The van der Waals surface area contributed by atoms with Crippen LogP contribution in [-0.4, -0.2) is 6.29 Å². The SMILES string of the molecule is CC(C)c1ccc(-c2ccoc2C=O)cc1. The van der Waals surface area contributed by atoms with Crippen molar-refractivity contribution in [1.82, 2.24) is 0 Å². The topological polar surface area (TPSA) is 30.2 Å². The molecule has 2 heteroatoms. The van der Waals surface area contributed by atoms with Gasteiger partial charge in [-0.25, -0.2) is 0 Å². The van der Waals surface area contributed by atoms with Crippen LogP contribution in [-0.2, 0) is 0 Å². The van der Waals surface area contributed by atoms with Gasteiger partial charge in [-0.1, -0.05) is 38.1 Å². The molecule has 1 aromatic heterocycles. The van der Waals surface area contributed by atoms with Crippen LogP contribution >= 0.6 is 0 Å². The van der Waals surface area contributed by atoms with E-state index in [0.29, 0.717) is 11.7 Å². The molecule has 1 heterocycles. The monoisotopic (exact) mass is 214 g/mol. The third-order valence-corrected chi connectivity index (χ3v) is 2.69. The summed E-state index contributed by atoms with van der Waals surface area (Å²) in [6, 6.07) is 10.0. The Hall–Kier alpha value is -1.83. The van der Waals surface area contributed by atoms with Crippen LogP contribution in [0.25, 0.3) is 11.1 Å². The zero-order valence-electron chi connectivity index (χ0n) is 9.44. The maximum absolute atomic E-state index is 10.7. The second-order valence-corrected chi connectivity index (χ2v) is 4.09. The van der Waals surface area contributed by atoms with Crippen LogP contribution in [0.2, 0.25) is 0 Å². The Balaban J connectivity index is 2.38. The van der Waals surface area contributed by atoms with Crippen molar-refractivity contribution in [3.8, 4) is 11.1 Å². The van der Waals surface area contributed by atoms with E-state index in [1.54, 1.807) is 0 Å². The minimum absolute atomic E-state index is 0.386. The molecule has 0 aliphatic carbocycles. The predicted molar refractivity (Wildman–Crippen MR) is 63.6 cm³/mol. The van der Waals surface area contributed by atoms with E-state index in [1.165, 1.54) is 11.8 Å². The number of carbonyl (C=O) groups excluding carboxylic acids is 1. The molecule has 0 unspecified atom stereocenters. The van der Waals surface area contributed by atoms with E-state index >= 15 is 0 Å². The van der Waals surface area contributed by atoms with E-state index in [9.17, 15) is 4.79 Å². The highest BCUT2D eigenvalue weighted by atomic mass is 16.3. The lowest BCUT2D eigenvalue weighted by Gasteiger charge is -2.06. The van der Waals surface area contributed by atoms with E-state index in [0.717, 1.165) is 17.4 Å². The number of hydrogen-bond acceptors (Lipinski definition) is 2. The van der Waals surface area contributed by atoms with E-state index in [-0.39, 0.29) is 0 Å². The van der Waals surface area contributed by atoms with Gasteiger partial charge in [-0.2, -0.15) is 0 Å². The van der Waals surface area contributed by atoms with Gasteiger partial charge in [-0.05, 0) is 23.1 Å². The highest BCUT2D eigenvalue weighted by Gasteiger charge is 2.07. The summed E-state index contributed by atoms with van der Waals surface area (Å²) in [6.45, 7) is 4.31. The minimum atomic E-state index is 0.386. The Bertz CT molecular complexity index is 478. The van der Waals surface area contributed by atoms with Gasteiger partial charge in [0.15, 0.2) is 12.0 Å². The molecule has 0 aliphatic heterocycles.